The molecule has 2 rings (SSSR count). The number of aryl methyl sites for hydroxylation is 1. The highest BCUT2D eigenvalue weighted by molar-refractivity contribution is 7.96. The molecule has 2 N–H and O–H groups in total. The van der Waals surface area contributed by atoms with Gasteiger partial charge in [-0.3, -0.25) is 0 Å². The molecule has 0 radical (unpaired) electrons. The Morgan fingerprint density at radius 3 is 2.26 bits per heavy atom. The lowest BCUT2D eigenvalue weighted by Crippen LogP contribution is -2.06. The van der Waals surface area contributed by atoms with Crippen LogP contribution < -0.4 is 5.73 Å². The average molecular weight is 371 g/mol. The molecule has 0 amide bonds. The van der Waals surface area contributed by atoms with Gasteiger partial charge in [-0.2, -0.15) is 5.26 Å². The van der Waals surface area contributed by atoms with E-state index >= 15 is 0 Å². The minimum Gasteiger partial charge on any atom is -0.445 e. The molecule has 0 atom stereocenters. The highest BCUT2D eigenvalue weighted by Crippen LogP contribution is 2.33. The third-order valence-corrected chi connectivity index (χ3v) is 5.48. The Labute approximate surface area is 143 Å². The number of halogens is 2. The third kappa shape index (κ3) is 3.37. The lowest BCUT2D eigenvalue weighted by Gasteiger charge is -2.04. The summed E-state index contributed by atoms with van der Waals surface area (Å²) in [7, 11) is -4.12. The van der Waals surface area contributed by atoms with Crippen molar-refractivity contribution < 1.29 is 12.8 Å². The Morgan fingerprint density at radius 1 is 1.26 bits per heavy atom. The molecule has 23 heavy (non-hydrogen) atoms. The van der Waals surface area contributed by atoms with Gasteiger partial charge >= 0.3 is 0 Å². The molecule has 0 saturated carbocycles. The Bertz CT molecular complexity index is 934. The minimum absolute atomic E-state index is 0.198. The van der Waals surface area contributed by atoms with E-state index in [0.29, 0.717) is 26.9 Å². The van der Waals surface area contributed by atoms with Gasteiger partial charge in [0, 0.05) is 15.6 Å². The van der Waals surface area contributed by atoms with Crippen LogP contribution in [0.2, 0.25) is 10.0 Å². The van der Waals surface area contributed by atoms with Crippen LogP contribution in [0.5, 0.6) is 0 Å². The number of rotatable bonds is 3. The number of benzene rings is 1. The topological polar surface area (TPSA) is 97.1 Å². The predicted octanol–water partition coefficient (Wildman–Crippen LogP) is 4.12. The van der Waals surface area contributed by atoms with Crippen LogP contribution in [0.4, 0.5) is 5.88 Å². The number of hydrogen-bond donors (Lipinski definition) is 1. The number of sulfone groups is 1. The van der Waals surface area contributed by atoms with E-state index in [-0.39, 0.29) is 10.8 Å². The number of nitrogens with zero attached hydrogens (tertiary/aromatic N) is 1. The lowest BCUT2D eigenvalue weighted by molar-refractivity contribution is 0.546. The summed E-state index contributed by atoms with van der Waals surface area (Å²) < 4.78 is 30.5. The SMILES string of the molecule is Cc1oc(N)c(S(=O)(=O)/C(C#N)=C\c2cc(Cl)cc(Cl)c2)c1C. The Kier molecular flexibility index (Phi) is 4.76. The molecule has 0 spiro atoms. The molecule has 1 heterocycles. The van der Waals surface area contributed by atoms with Crippen LogP contribution >= 0.6 is 23.2 Å². The summed E-state index contributed by atoms with van der Waals surface area (Å²) >= 11 is 11.8. The fourth-order valence-corrected chi connectivity index (χ4v) is 4.08. The van der Waals surface area contributed by atoms with Crippen molar-refractivity contribution in [3.05, 3.63) is 50.0 Å². The van der Waals surface area contributed by atoms with Gasteiger partial charge in [0.2, 0.25) is 15.7 Å². The lowest BCUT2D eigenvalue weighted by atomic mass is 10.2. The van der Waals surface area contributed by atoms with Crippen LogP contribution in [0.1, 0.15) is 16.9 Å². The molecule has 0 bridgehead atoms. The molecule has 0 saturated heterocycles. The number of hydrogen-bond acceptors (Lipinski definition) is 5. The smallest absolute Gasteiger partial charge is 0.222 e. The fourth-order valence-electron chi connectivity index (χ4n) is 2.06. The molecule has 120 valence electrons. The van der Waals surface area contributed by atoms with Crippen LogP contribution in [-0.4, -0.2) is 8.42 Å². The molecule has 1 aromatic carbocycles. The number of nitrogen functional groups attached to an aromatic ring is 1. The van der Waals surface area contributed by atoms with Crippen molar-refractivity contribution >= 4 is 45.0 Å². The second kappa shape index (κ2) is 6.28. The zero-order chi connectivity index (χ0) is 17.4. The first-order chi connectivity index (χ1) is 10.7. The van der Waals surface area contributed by atoms with Crippen LogP contribution in [0, 0.1) is 25.2 Å². The monoisotopic (exact) mass is 370 g/mol. The Hall–Kier alpha value is -1.94. The number of nitriles is 1. The summed E-state index contributed by atoms with van der Waals surface area (Å²) in [5.41, 5.74) is 6.39. The molecule has 0 unspecified atom stereocenters. The summed E-state index contributed by atoms with van der Waals surface area (Å²) in [5, 5.41) is 9.93. The number of furan rings is 1. The number of nitrogens with two attached hydrogens (primary N) is 1. The summed E-state index contributed by atoms with van der Waals surface area (Å²) in [6.45, 7) is 3.16. The average Bonchev–Trinajstić information content (AvgIpc) is 2.68. The van der Waals surface area contributed by atoms with Gasteiger partial charge in [-0.15, -0.1) is 0 Å². The molecular weight excluding hydrogens is 359 g/mol. The number of anilines is 1. The molecule has 1 aromatic heterocycles. The quantitative estimate of drug-likeness (QED) is 0.819. The van der Waals surface area contributed by atoms with Crippen LogP contribution in [0.25, 0.3) is 6.08 Å². The minimum atomic E-state index is -4.12. The highest BCUT2D eigenvalue weighted by atomic mass is 35.5. The summed E-state index contributed by atoms with van der Waals surface area (Å²) in [6.07, 6.45) is 1.19. The van der Waals surface area contributed by atoms with Gasteiger partial charge < -0.3 is 10.2 Å². The predicted molar refractivity (Wildman–Crippen MR) is 89.8 cm³/mol. The summed E-state index contributed by atoms with van der Waals surface area (Å²) in [4.78, 5) is -0.678. The van der Waals surface area contributed by atoms with Crippen molar-refractivity contribution in [1.29, 1.82) is 5.26 Å². The molecule has 0 fully saturated rings. The van der Waals surface area contributed by atoms with Gasteiger partial charge in [0.25, 0.3) is 0 Å². The van der Waals surface area contributed by atoms with E-state index < -0.39 is 14.7 Å². The van der Waals surface area contributed by atoms with Gasteiger partial charge in [-0.1, -0.05) is 23.2 Å². The zero-order valence-corrected chi connectivity index (χ0v) is 14.6. The van der Waals surface area contributed by atoms with Crippen molar-refractivity contribution in [2.75, 3.05) is 5.73 Å². The normalized spacial score (nSPS) is 12.2. The van der Waals surface area contributed by atoms with E-state index in [1.807, 2.05) is 0 Å². The first-order valence-corrected chi connectivity index (χ1v) is 8.59. The second-order valence-electron chi connectivity index (χ2n) is 4.80. The highest BCUT2D eigenvalue weighted by Gasteiger charge is 2.29. The Balaban J connectivity index is 2.65. The largest absolute Gasteiger partial charge is 0.445 e. The van der Waals surface area contributed by atoms with E-state index in [2.05, 4.69) is 0 Å². The van der Waals surface area contributed by atoms with Crippen LogP contribution in [0.15, 0.2) is 32.4 Å². The van der Waals surface area contributed by atoms with E-state index in [0.717, 1.165) is 0 Å². The first kappa shape index (κ1) is 17.4. The van der Waals surface area contributed by atoms with Crippen molar-refractivity contribution in [3.63, 3.8) is 0 Å². The van der Waals surface area contributed by atoms with Crippen molar-refractivity contribution in [1.82, 2.24) is 0 Å². The third-order valence-electron chi connectivity index (χ3n) is 3.21. The van der Waals surface area contributed by atoms with Crippen molar-refractivity contribution in [2.24, 2.45) is 0 Å². The van der Waals surface area contributed by atoms with Crippen LogP contribution in [0.3, 0.4) is 0 Å². The summed E-state index contributed by atoms with van der Waals surface area (Å²) in [5.74, 6) is 0.134. The molecule has 8 heteroatoms. The van der Waals surface area contributed by atoms with Crippen molar-refractivity contribution in [3.8, 4) is 6.07 Å². The van der Waals surface area contributed by atoms with Gasteiger partial charge in [-0.25, -0.2) is 8.42 Å². The molecule has 0 aliphatic heterocycles. The first-order valence-electron chi connectivity index (χ1n) is 6.35. The zero-order valence-electron chi connectivity index (χ0n) is 12.2. The van der Waals surface area contributed by atoms with Gasteiger partial charge in [0.1, 0.15) is 21.6 Å². The maximum Gasteiger partial charge on any atom is 0.222 e. The molecule has 0 aliphatic rings. The van der Waals surface area contributed by atoms with Gasteiger partial charge in [-0.05, 0) is 43.7 Å². The fraction of sp³-hybridized carbons (Fsp3) is 0.133. The molecular formula is C15H12Cl2N2O3S. The van der Waals surface area contributed by atoms with E-state index in [9.17, 15) is 13.7 Å². The van der Waals surface area contributed by atoms with Crippen molar-refractivity contribution in [2.45, 2.75) is 18.7 Å². The summed E-state index contributed by atoms with van der Waals surface area (Å²) in [6, 6.07) is 6.18. The second-order valence-corrected chi connectivity index (χ2v) is 7.53. The maximum absolute atomic E-state index is 12.7. The molecule has 0 aliphatic carbocycles. The van der Waals surface area contributed by atoms with E-state index in [1.165, 1.54) is 24.3 Å². The molecule has 2 aromatic rings. The molecule has 5 nitrogen and oxygen atoms in total. The van der Waals surface area contributed by atoms with Crippen LogP contribution in [-0.2, 0) is 9.84 Å². The Morgan fingerprint density at radius 2 is 1.83 bits per heavy atom. The van der Waals surface area contributed by atoms with E-state index in [1.54, 1.807) is 19.9 Å². The van der Waals surface area contributed by atoms with Gasteiger partial charge in [0.15, 0.2) is 0 Å². The van der Waals surface area contributed by atoms with Gasteiger partial charge in [0.05, 0.1) is 0 Å². The standard InChI is InChI=1S/C15H12Cl2N2O3S/c1-8-9(2)22-15(19)14(8)23(20,21)13(7-18)5-10-3-11(16)6-12(17)4-10/h3-6H,19H2,1-2H3/b13-5-. The maximum atomic E-state index is 12.7. The number of allylic oxidation sites excluding steroid dienone is 1. The van der Waals surface area contributed by atoms with E-state index in [4.69, 9.17) is 33.4 Å².